The maximum Gasteiger partial charge on any atom is 0.271 e. The lowest BCUT2D eigenvalue weighted by Gasteiger charge is -2.08. The van der Waals surface area contributed by atoms with E-state index >= 15 is 0 Å². The smallest absolute Gasteiger partial charge is 0.271 e. The van der Waals surface area contributed by atoms with Crippen molar-refractivity contribution in [3.05, 3.63) is 52.8 Å². The average molecular weight is 370 g/mol. The molecule has 144 valence electrons. The molecular weight excluding hydrogens is 344 g/mol. The highest BCUT2D eigenvalue weighted by atomic mass is 16.3. The van der Waals surface area contributed by atoms with Crippen LogP contribution in [0.25, 0.3) is 0 Å². The third-order valence-corrected chi connectivity index (χ3v) is 4.70. The molecule has 3 rings (SSSR count). The van der Waals surface area contributed by atoms with Crippen LogP contribution in [0.4, 0.5) is 0 Å². The highest BCUT2D eigenvalue weighted by Crippen LogP contribution is 2.15. The van der Waals surface area contributed by atoms with E-state index < -0.39 is 6.10 Å². The van der Waals surface area contributed by atoms with Crippen LogP contribution in [-0.2, 0) is 13.0 Å². The van der Waals surface area contributed by atoms with E-state index in [2.05, 4.69) is 53.8 Å². The zero-order chi connectivity index (χ0) is 19.4. The highest BCUT2D eigenvalue weighted by molar-refractivity contribution is 5.98. The molecule has 0 fully saturated rings. The predicted molar refractivity (Wildman–Crippen MR) is 102 cm³/mol. The fourth-order valence-electron chi connectivity index (χ4n) is 3.07. The molecule has 1 aliphatic rings. The topological polar surface area (TPSA) is 96.2 Å². The maximum absolute atomic E-state index is 12.3. The first-order valence-corrected chi connectivity index (χ1v) is 9.35. The lowest BCUT2D eigenvalue weighted by Crippen LogP contribution is -2.30. The second-order valence-electron chi connectivity index (χ2n) is 7.22. The number of aromatic nitrogens is 2. The number of benzene rings is 1. The van der Waals surface area contributed by atoms with Crippen LogP contribution in [0.2, 0.25) is 0 Å². The number of hydrogen-bond donors (Lipinski definition) is 3. The Bertz CT molecular complexity index is 811. The molecule has 0 aliphatic carbocycles. The summed E-state index contributed by atoms with van der Waals surface area (Å²) < 4.78 is 1.39. The molecule has 2 heterocycles. The van der Waals surface area contributed by atoms with Gasteiger partial charge in [0.15, 0.2) is 5.69 Å². The van der Waals surface area contributed by atoms with Gasteiger partial charge in [0.1, 0.15) is 5.69 Å². The molecule has 1 aromatic heterocycles. The van der Waals surface area contributed by atoms with Crippen LogP contribution in [0.5, 0.6) is 0 Å². The predicted octanol–water partition coefficient (Wildman–Crippen LogP) is 1.47. The van der Waals surface area contributed by atoms with Crippen molar-refractivity contribution in [3.8, 4) is 0 Å². The van der Waals surface area contributed by atoms with E-state index in [4.69, 9.17) is 0 Å². The van der Waals surface area contributed by atoms with Crippen molar-refractivity contribution < 1.29 is 14.7 Å². The minimum Gasteiger partial charge on any atom is -0.389 e. The number of nitrogens with one attached hydrogen (secondary N) is 2. The molecule has 0 saturated heterocycles. The number of aryl methyl sites for hydroxylation is 1. The number of nitrogens with zero attached hydrogens (tertiary/aromatic N) is 2. The van der Waals surface area contributed by atoms with E-state index in [1.165, 1.54) is 21.9 Å². The van der Waals surface area contributed by atoms with Crippen molar-refractivity contribution in [2.75, 3.05) is 13.1 Å². The Morgan fingerprint density at radius 3 is 2.81 bits per heavy atom. The first kappa shape index (κ1) is 19.1. The number of amides is 2. The van der Waals surface area contributed by atoms with Gasteiger partial charge in [0.2, 0.25) is 0 Å². The van der Waals surface area contributed by atoms with Gasteiger partial charge in [0.25, 0.3) is 11.8 Å². The van der Waals surface area contributed by atoms with Crippen LogP contribution in [0.15, 0.2) is 30.3 Å². The van der Waals surface area contributed by atoms with Crippen LogP contribution >= 0.6 is 0 Å². The summed E-state index contributed by atoms with van der Waals surface area (Å²) in [6.07, 6.45) is 0.986. The minimum atomic E-state index is -0.715. The van der Waals surface area contributed by atoms with E-state index in [1.807, 2.05) is 0 Å². The lowest BCUT2D eigenvalue weighted by atomic mass is 10.0. The number of aliphatic hydroxyl groups is 1. The van der Waals surface area contributed by atoms with E-state index in [0.717, 1.165) is 12.8 Å². The number of carbonyl (C=O) groups is 2. The summed E-state index contributed by atoms with van der Waals surface area (Å²) in [7, 11) is 0. The normalized spacial score (nSPS) is 16.6. The van der Waals surface area contributed by atoms with Crippen molar-refractivity contribution in [2.24, 2.45) is 0 Å². The molecule has 1 unspecified atom stereocenters. The summed E-state index contributed by atoms with van der Waals surface area (Å²) in [4.78, 5) is 24.2. The summed E-state index contributed by atoms with van der Waals surface area (Å²) in [6, 6.07) is 10.0. The van der Waals surface area contributed by atoms with Gasteiger partial charge in [-0.3, -0.25) is 14.3 Å². The third kappa shape index (κ3) is 4.74. The fraction of sp³-hybridized carbons (Fsp3) is 0.450. The quantitative estimate of drug-likeness (QED) is 0.671. The first-order chi connectivity index (χ1) is 12.9. The largest absolute Gasteiger partial charge is 0.389 e. The van der Waals surface area contributed by atoms with E-state index in [1.54, 1.807) is 0 Å². The molecule has 0 bridgehead atoms. The van der Waals surface area contributed by atoms with Gasteiger partial charge < -0.3 is 15.7 Å². The van der Waals surface area contributed by atoms with Gasteiger partial charge in [-0.05, 0) is 29.9 Å². The summed E-state index contributed by atoms with van der Waals surface area (Å²) in [6.45, 7) is 5.24. The molecule has 3 N–H and O–H groups in total. The molecule has 0 saturated carbocycles. The van der Waals surface area contributed by atoms with Gasteiger partial charge in [0.05, 0.1) is 12.6 Å². The van der Waals surface area contributed by atoms with Gasteiger partial charge in [-0.1, -0.05) is 38.1 Å². The third-order valence-electron chi connectivity index (χ3n) is 4.70. The summed E-state index contributed by atoms with van der Waals surface area (Å²) >= 11 is 0. The Hall–Kier alpha value is -2.67. The van der Waals surface area contributed by atoms with Crippen LogP contribution in [-0.4, -0.2) is 45.9 Å². The second kappa shape index (κ2) is 8.35. The Morgan fingerprint density at radius 1 is 1.37 bits per heavy atom. The van der Waals surface area contributed by atoms with Crippen molar-refractivity contribution in [3.63, 3.8) is 0 Å². The van der Waals surface area contributed by atoms with Crippen LogP contribution < -0.4 is 10.6 Å². The average Bonchev–Trinajstić information content (AvgIpc) is 3.02. The van der Waals surface area contributed by atoms with E-state index in [9.17, 15) is 14.7 Å². The molecule has 2 aromatic rings. The van der Waals surface area contributed by atoms with Crippen LogP contribution in [0.1, 0.15) is 58.3 Å². The zero-order valence-electron chi connectivity index (χ0n) is 15.7. The Morgan fingerprint density at radius 2 is 2.11 bits per heavy atom. The second-order valence-corrected chi connectivity index (χ2v) is 7.22. The number of β-amino-alcohol motifs (C(OH)–C–C–N with tert-alkyl or cyclic N) is 1. The lowest BCUT2D eigenvalue weighted by molar-refractivity contribution is 0.0931. The van der Waals surface area contributed by atoms with Gasteiger partial charge in [-0.2, -0.15) is 5.10 Å². The molecule has 7 nitrogen and oxygen atoms in total. The monoisotopic (exact) mass is 370 g/mol. The highest BCUT2D eigenvalue weighted by Gasteiger charge is 2.24. The van der Waals surface area contributed by atoms with Crippen LogP contribution in [0, 0.1) is 0 Å². The molecule has 7 heteroatoms. The number of aliphatic hydroxyl groups excluding tert-OH is 1. The number of hydrogen-bond acceptors (Lipinski definition) is 4. The van der Waals surface area contributed by atoms with Gasteiger partial charge in [0, 0.05) is 19.2 Å². The van der Waals surface area contributed by atoms with Crippen molar-refractivity contribution in [1.82, 2.24) is 20.4 Å². The first-order valence-electron chi connectivity index (χ1n) is 9.35. The Labute approximate surface area is 158 Å². The fourth-order valence-corrected chi connectivity index (χ4v) is 3.07. The van der Waals surface area contributed by atoms with Gasteiger partial charge >= 0.3 is 0 Å². The zero-order valence-corrected chi connectivity index (χ0v) is 15.7. The number of carbonyl (C=O) groups excluding carboxylic acids is 2. The van der Waals surface area contributed by atoms with Crippen molar-refractivity contribution in [1.29, 1.82) is 0 Å². The minimum absolute atomic E-state index is 0.182. The molecule has 1 atom stereocenters. The maximum atomic E-state index is 12.3. The summed E-state index contributed by atoms with van der Waals surface area (Å²) in [5.41, 5.74) is 3.05. The molecular formula is C20H26N4O3. The molecule has 0 radical (unpaired) electrons. The number of fused-ring (bicyclic) bond motifs is 1. The molecule has 2 amide bonds. The standard InChI is InChI=1S/C20H26N4O3/c1-13(2)15-7-5-14(6-8-15)4-3-9-21-19(26)17-10-18-20(27)22-11-16(25)12-24(18)23-17/h5-8,10,13,16,25H,3-4,9,11-12H2,1-2H3,(H,21,26)(H,22,27). The number of rotatable bonds is 6. The van der Waals surface area contributed by atoms with E-state index in [0.29, 0.717) is 18.2 Å². The molecule has 0 spiro atoms. The van der Waals surface area contributed by atoms with Gasteiger partial charge in [-0.25, -0.2) is 0 Å². The molecule has 1 aromatic carbocycles. The summed E-state index contributed by atoms with van der Waals surface area (Å²) in [5.74, 6) is -0.123. The van der Waals surface area contributed by atoms with E-state index in [-0.39, 0.29) is 30.6 Å². The van der Waals surface area contributed by atoms with Crippen molar-refractivity contribution >= 4 is 11.8 Å². The molecule has 1 aliphatic heterocycles. The Kier molecular flexibility index (Phi) is 5.91. The van der Waals surface area contributed by atoms with Crippen LogP contribution in [0.3, 0.4) is 0 Å². The van der Waals surface area contributed by atoms with Crippen molar-refractivity contribution in [2.45, 2.75) is 45.3 Å². The van der Waals surface area contributed by atoms with Gasteiger partial charge in [-0.15, -0.1) is 0 Å². The Balaban J connectivity index is 1.50. The summed E-state index contributed by atoms with van der Waals surface area (Å²) in [5, 5.41) is 19.4. The molecule has 27 heavy (non-hydrogen) atoms. The SMILES string of the molecule is CC(C)c1ccc(CCCNC(=O)c2cc3n(n2)CC(O)CNC3=O)cc1.